The Morgan fingerprint density at radius 1 is 1.50 bits per heavy atom. The van der Waals surface area contributed by atoms with Gasteiger partial charge in [-0.1, -0.05) is 0 Å². The van der Waals surface area contributed by atoms with Crippen LogP contribution in [-0.4, -0.2) is 11.1 Å². The predicted molar refractivity (Wildman–Crippen MR) is 50.2 cm³/mol. The van der Waals surface area contributed by atoms with Crippen molar-refractivity contribution in [3.05, 3.63) is 22.9 Å². The quantitative estimate of drug-likeness (QED) is 0.776. The highest BCUT2D eigenvalue weighted by molar-refractivity contribution is 9.10. The van der Waals surface area contributed by atoms with Crippen LogP contribution in [0.25, 0.3) is 0 Å². The number of pyridine rings is 1. The minimum absolute atomic E-state index is 0.434. The van der Waals surface area contributed by atoms with Gasteiger partial charge in [0.25, 0.3) is 0 Å². The number of nitrogens with zero attached hydrogens (tertiary/aromatic N) is 1. The Kier molecular flexibility index (Phi) is 2.30. The minimum Gasteiger partial charge on any atom is -0.489 e. The standard InChI is InChI=1S/C9H10BrNO/c10-8-6-11-5-4-9(8)12-7-2-1-3-7/h4-7H,1-3H2. The van der Waals surface area contributed by atoms with Crippen molar-refractivity contribution in [3.63, 3.8) is 0 Å². The van der Waals surface area contributed by atoms with E-state index in [4.69, 9.17) is 4.74 Å². The van der Waals surface area contributed by atoms with Crippen molar-refractivity contribution >= 4 is 15.9 Å². The average molecular weight is 228 g/mol. The maximum Gasteiger partial charge on any atom is 0.136 e. The summed E-state index contributed by atoms with van der Waals surface area (Å²) in [4.78, 5) is 3.97. The Morgan fingerprint density at radius 3 is 2.92 bits per heavy atom. The summed E-state index contributed by atoms with van der Waals surface area (Å²) in [6, 6.07) is 1.89. The largest absolute Gasteiger partial charge is 0.489 e. The van der Waals surface area contributed by atoms with Crippen LogP contribution in [0.15, 0.2) is 22.9 Å². The molecule has 2 rings (SSSR count). The van der Waals surface area contributed by atoms with Gasteiger partial charge in [0.1, 0.15) is 5.75 Å². The Balaban J connectivity index is 2.06. The number of halogens is 1. The molecule has 0 N–H and O–H groups in total. The molecule has 12 heavy (non-hydrogen) atoms. The molecular weight excluding hydrogens is 218 g/mol. The minimum atomic E-state index is 0.434. The van der Waals surface area contributed by atoms with Crippen molar-refractivity contribution in [3.8, 4) is 5.75 Å². The molecule has 2 nitrogen and oxygen atoms in total. The van der Waals surface area contributed by atoms with Crippen molar-refractivity contribution in [1.29, 1.82) is 0 Å². The molecule has 1 aromatic heterocycles. The Labute approximate surface area is 80.1 Å². The lowest BCUT2D eigenvalue weighted by Crippen LogP contribution is -2.24. The number of hydrogen-bond donors (Lipinski definition) is 0. The van der Waals surface area contributed by atoms with Gasteiger partial charge in [0, 0.05) is 12.4 Å². The Morgan fingerprint density at radius 2 is 2.33 bits per heavy atom. The highest BCUT2D eigenvalue weighted by Gasteiger charge is 2.19. The highest BCUT2D eigenvalue weighted by atomic mass is 79.9. The zero-order chi connectivity index (χ0) is 8.39. The molecule has 1 saturated carbocycles. The molecule has 1 aliphatic carbocycles. The number of ether oxygens (including phenoxy) is 1. The van der Waals surface area contributed by atoms with E-state index in [9.17, 15) is 0 Å². The van der Waals surface area contributed by atoms with Gasteiger partial charge in [-0.2, -0.15) is 0 Å². The molecule has 1 aliphatic rings. The first kappa shape index (κ1) is 8.05. The summed E-state index contributed by atoms with van der Waals surface area (Å²) in [5.41, 5.74) is 0. The zero-order valence-corrected chi connectivity index (χ0v) is 8.25. The Hall–Kier alpha value is -0.570. The van der Waals surface area contributed by atoms with Crippen molar-refractivity contribution < 1.29 is 4.74 Å². The summed E-state index contributed by atoms with van der Waals surface area (Å²) in [6.45, 7) is 0. The van der Waals surface area contributed by atoms with Crippen LogP contribution in [-0.2, 0) is 0 Å². The van der Waals surface area contributed by atoms with Gasteiger partial charge >= 0.3 is 0 Å². The lowest BCUT2D eigenvalue weighted by molar-refractivity contribution is 0.119. The normalized spacial score (nSPS) is 17.1. The van der Waals surface area contributed by atoms with Gasteiger partial charge < -0.3 is 4.74 Å². The van der Waals surface area contributed by atoms with Crippen LogP contribution in [0.5, 0.6) is 5.75 Å². The molecular formula is C9H10BrNO. The van der Waals surface area contributed by atoms with E-state index in [1.165, 1.54) is 19.3 Å². The maximum atomic E-state index is 5.69. The molecule has 3 heteroatoms. The molecule has 0 aliphatic heterocycles. The molecule has 0 unspecified atom stereocenters. The van der Waals surface area contributed by atoms with E-state index in [1.54, 1.807) is 12.4 Å². The Bertz CT molecular complexity index is 273. The summed E-state index contributed by atoms with van der Waals surface area (Å²) >= 11 is 3.39. The summed E-state index contributed by atoms with van der Waals surface area (Å²) in [5, 5.41) is 0. The fourth-order valence-corrected chi connectivity index (χ4v) is 1.47. The summed E-state index contributed by atoms with van der Waals surface area (Å²) in [6.07, 6.45) is 7.62. The number of rotatable bonds is 2. The first-order valence-electron chi connectivity index (χ1n) is 4.12. The van der Waals surface area contributed by atoms with E-state index in [1.807, 2.05) is 6.07 Å². The van der Waals surface area contributed by atoms with Crippen LogP contribution in [0.1, 0.15) is 19.3 Å². The second-order valence-electron chi connectivity index (χ2n) is 2.98. The third-order valence-electron chi connectivity index (χ3n) is 2.08. The fraction of sp³-hybridized carbons (Fsp3) is 0.444. The lowest BCUT2D eigenvalue weighted by Gasteiger charge is -2.26. The van der Waals surface area contributed by atoms with Crippen LogP contribution in [0, 0.1) is 0 Å². The topological polar surface area (TPSA) is 22.1 Å². The first-order chi connectivity index (χ1) is 5.86. The van der Waals surface area contributed by atoms with Crippen molar-refractivity contribution in [2.45, 2.75) is 25.4 Å². The van der Waals surface area contributed by atoms with Gasteiger partial charge in [-0.25, -0.2) is 0 Å². The summed E-state index contributed by atoms with van der Waals surface area (Å²) < 4.78 is 6.64. The molecule has 0 bridgehead atoms. The second kappa shape index (κ2) is 3.44. The maximum absolute atomic E-state index is 5.69. The van der Waals surface area contributed by atoms with E-state index in [0.717, 1.165) is 10.2 Å². The van der Waals surface area contributed by atoms with Gasteiger partial charge in [0.05, 0.1) is 10.6 Å². The molecule has 0 atom stereocenters. The SMILES string of the molecule is Brc1cnccc1OC1CCC1. The van der Waals surface area contributed by atoms with Crippen LogP contribution in [0.4, 0.5) is 0 Å². The molecule has 64 valence electrons. The van der Waals surface area contributed by atoms with E-state index in [2.05, 4.69) is 20.9 Å². The predicted octanol–water partition coefficient (Wildman–Crippen LogP) is 2.78. The molecule has 0 spiro atoms. The second-order valence-corrected chi connectivity index (χ2v) is 3.83. The van der Waals surface area contributed by atoms with Crippen molar-refractivity contribution in [2.75, 3.05) is 0 Å². The summed E-state index contributed by atoms with van der Waals surface area (Å²) in [7, 11) is 0. The molecule has 0 saturated heterocycles. The van der Waals surface area contributed by atoms with Gasteiger partial charge in [0.2, 0.25) is 0 Å². The molecule has 0 radical (unpaired) electrons. The average Bonchev–Trinajstić information content (AvgIpc) is 2.00. The van der Waals surface area contributed by atoms with E-state index >= 15 is 0 Å². The first-order valence-corrected chi connectivity index (χ1v) is 4.92. The molecule has 1 fully saturated rings. The number of hydrogen-bond acceptors (Lipinski definition) is 2. The number of aromatic nitrogens is 1. The van der Waals surface area contributed by atoms with Gasteiger partial charge in [-0.3, -0.25) is 4.98 Å². The highest BCUT2D eigenvalue weighted by Crippen LogP contribution is 2.29. The van der Waals surface area contributed by atoms with Crippen LogP contribution >= 0.6 is 15.9 Å². The van der Waals surface area contributed by atoms with E-state index in [-0.39, 0.29) is 0 Å². The van der Waals surface area contributed by atoms with Gasteiger partial charge in [0.15, 0.2) is 0 Å². The zero-order valence-electron chi connectivity index (χ0n) is 6.66. The smallest absolute Gasteiger partial charge is 0.136 e. The van der Waals surface area contributed by atoms with E-state index < -0.39 is 0 Å². The van der Waals surface area contributed by atoms with Crippen molar-refractivity contribution in [2.24, 2.45) is 0 Å². The van der Waals surface area contributed by atoms with Gasteiger partial charge in [-0.05, 0) is 41.3 Å². The van der Waals surface area contributed by atoms with E-state index in [0.29, 0.717) is 6.10 Å². The lowest BCUT2D eigenvalue weighted by atomic mass is 9.96. The van der Waals surface area contributed by atoms with Gasteiger partial charge in [-0.15, -0.1) is 0 Å². The molecule has 1 heterocycles. The summed E-state index contributed by atoms with van der Waals surface area (Å²) in [5.74, 6) is 0.912. The third-order valence-corrected chi connectivity index (χ3v) is 2.68. The third kappa shape index (κ3) is 1.61. The molecule has 1 aromatic rings. The van der Waals surface area contributed by atoms with Crippen LogP contribution in [0.2, 0.25) is 0 Å². The fourth-order valence-electron chi connectivity index (χ4n) is 1.13. The van der Waals surface area contributed by atoms with Crippen LogP contribution < -0.4 is 4.74 Å². The molecule has 0 aromatic carbocycles. The van der Waals surface area contributed by atoms with Crippen molar-refractivity contribution in [1.82, 2.24) is 4.98 Å². The van der Waals surface area contributed by atoms with Crippen LogP contribution in [0.3, 0.4) is 0 Å². The molecule has 0 amide bonds. The monoisotopic (exact) mass is 227 g/mol.